The summed E-state index contributed by atoms with van der Waals surface area (Å²) in [7, 11) is 1.30. The molecule has 1 N–H and O–H groups in total. The van der Waals surface area contributed by atoms with Gasteiger partial charge in [0.2, 0.25) is 0 Å². The Bertz CT molecular complexity index is 807. The first-order chi connectivity index (χ1) is 13.1. The molecule has 0 bridgehead atoms. The minimum absolute atomic E-state index is 0.198. The largest absolute Gasteiger partial charge is 0.465 e. The van der Waals surface area contributed by atoms with E-state index in [1.807, 2.05) is 0 Å². The summed E-state index contributed by atoms with van der Waals surface area (Å²) in [5.74, 6) is -0.132. The third-order valence-electron chi connectivity index (χ3n) is 4.84. The minimum Gasteiger partial charge on any atom is -0.465 e. The lowest BCUT2D eigenvalue weighted by Crippen LogP contribution is -2.39. The van der Waals surface area contributed by atoms with Gasteiger partial charge in [0, 0.05) is 12.6 Å². The Labute approximate surface area is 158 Å². The van der Waals surface area contributed by atoms with Crippen LogP contribution in [0, 0.1) is 0 Å². The summed E-state index contributed by atoms with van der Waals surface area (Å²) in [4.78, 5) is 35.3. The van der Waals surface area contributed by atoms with Gasteiger partial charge in [0.1, 0.15) is 11.5 Å². The van der Waals surface area contributed by atoms with Gasteiger partial charge >= 0.3 is 5.97 Å². The number of piperidine rings is 1. The quantitative estimate of drug-likeness (QED) is 0.815. The molecule has 1 saturated heterocycles. The molecular weight excluding hydrogens is 344 g/mol. The van der Waals surface area contributed by atoms with Crippen molar-refractivity contribution in [2.45, 2.75) is 38.6 Å². The summed E-state index contributed by atoms with van der Waals surface area (Å²) in [5, 5.41) is 2.71. The van der Waals surface area contributed by atoms with Crippen LogP contribution in [-0.2, 0) is 4.74 Å². The van der Waals surface area contributed by atoms with Crippen LogP contribution in [0.2, 0.25) is 0 Å². The number of esters is 1. The predicted molar refractivity (Wildman–Crippen MR) is 103 cm³/mol. The van der Waals surface area contributed by atoms with Crippen LogP contribution in [-0.4, -0.2) is 41.5 Å². The van der Waals surface area contributed by atoms with Gasteiger partial charge < -0.3 is 15.0 Å². The molecule has 142 valence electrons. The summed E-state index contributed by atoms with van der Waals surface area (Å²) in [6.07, 6.45) is 7.73. The van der Waals surface area contributed by atoms with E-state index < -0.39 is 11.9 Å². The maximum Gasteiger partial charge on any atom is 0.339 e. The number of rotatable bonds is 5. The van der Waals surface area contributed by atoms with Gasteiger partial charge in [0.25, 0.3) is 5.91 Å². The zero-order valence-corrected chi connectivity index (χ0v) is 15.6. The molecule has 7 nitrogen and oxygen atoms in total. The number of ether oxygens (including phenoxy) is 1. The molecule has 7 heteroatoms. The van der Waals surface area contributed by atoms with Crippen molar-refractivity contribution in [3.05, 3.63) is 47.9 Å². The first kappa shape index (κ1) is 18.8. The van der Waals surface area contributed by atoms with Crippen molar-refractivity contribution in [2.24, 2.45) is 0 Å². The van der Waals surface area contributed by atoms with Crippen molar-refractivity contribution in [1.29, 1.82) is 0 Å². The maximum absolute atomic E-state index is 12.5. The third kappa shape index (κ3) is 4.24. The van der Waals surface area contributed by atoms with Crippen molar-refractivity contribution < 1.29 is 14.3 Å². The third-order valence-corrected chi connectivity index (χ3v) is 4.84. The number of nitrogens with one attached hydrogen (secondary N) is 1. The first-order valence-corrected chi connectivity index (χ1v) is 9.21. The van der Waals surface area contributed by atoms with Crippen molar-refractivity contribution >= 4 is 23.4 Å². The number of nitrogens with zero attached hydrogens (tertiary/aromatic N) is 3. The summed E-state index contributed by atoms with van der Waals surface area (Å²) in [5.41, 5.74) is 0.864. The van der Waals surface area contributed by atoms with Gasteiger partial charge in [-0.05, 0) is 37.8 Å². The van der Waals surface area contributed by atoms with E-state index in [1.165, 1.54) is 19.7 Å². The van der Waals surface area contributed by atoms with E-state index in [-0.39, 0.29) is 11.3 Å². The Morgan fingerprint density at radius 2 is 2.04 bits per heavy atom. The zero-order valence-electron chi connectivity index (χ0n) is 15.6. The van der Waals surface area contributed by atoms with Crippen molar-refractivity contribution in [3.63, 3.8) is 0 Å². The zero-order chi connectivity index (χ0) is 19.2. The first-order valence-electron chi connectivity index (χ1n) is 9.21. The summed E-state index contributed by atoms with van der Waals surface area (Å²) in [6.45, 7) is 3.14. The molecule has 1 unspecified atom stereocenters. The standard InChI is InChI=1S/C20H24N4O3/c1-3-14-8-6-7-11-24(14)18-13-21-17(12-22-18)19(25)23-16-10-5-4-9-15(16)20(26)27-2/h4-5,9-10,12-14H,3,6-8,11H2,1-2H3,(H,23,25). The van der Waals surface area contributed by atoms with E-state index in [0.29, 0.717) is 11.7 Å². The second kappa shape index (κ2) is 8.62. The monoisotopic (exact) mass is 368 g/mol. The molecule has 1 fully saturated rings. The van der Waals surface area contributed by atoms with E-state index in [1.54, 1.807) is 30.5 Å². The van der Waals surface area contributed by atoms with Crippen LogP contribution in [0.4, 0.5) is 11.5 Å². The van der Waals surface area contributed by atoms with E-state index in [4.69, 9.17) is 4.74 Å². The van der Waals surface area contributed by atoms with Gasteiger partial charge in [-0.25, -0.2) is 14.8 Å². The number of hydrogen-bond acceptors (Lipinski definition) is 6. The molecule has 27 heavy (non-hydrogen) atoms. The average Bonchev–Trinajstić information content (AvgIpc) is 2.73. The second-order valence-corrected chi connectivity index (χ2v) is 6.50. The fourth-order valence-corrected chi connectivity index (χ4v) is 3.38. The number of benzene rings is 1. The Hall–Kier alpha value is -2.96. The highest BCUT2D eigenvalue weighted by Gasteiger charge is 2.23. The van der Waals surface area contributed by atoms with Crippen LogP contribution < -0.4 is 10.2 Å². The van der Waals surface area contributed by atoms with Crippen LogP contribution in [0.15, 0.2) is 36.7 Å². The number of hydrogen-bond donors (Lipinski definition) is 1. The van der Waals surface area contributed by atoms with Crippen LogP contribution >= 0.6 is 0 Å². The lowest BCUT2D eigenvalue weighted by atomic mass is 10.0. The number of aromatic nitrogens is 2. The van der Waals surface area contributed by atoms with E-state index in [9.17, 15) is 9.59 Å². The van der Waals surface area contributed by atoms with Crippen LogP contribution in [0.3, 0.4) is 0 Å². The predicted octanol–water partition coefficient (Wildman–Crippen LogP) is 3.28. The lowest BCUT2D eigenvalue weighted by Gasteiger charge is -2.35. The number of amides is 1. The number of anilines is 2. The Kier molecular flexibility index (Phi) is 6.01. The summed E-state index contributed by atoms with van der Waals surface area (Å²) < 4.78 is 4.74. The lowest BCUT2D eigenvalue weighted by molar-refractivity contribution is 0.0602. The minimum atomic E-state index is -0.511. The summed E-state index contributed by atoms with van der Waals surface area (Å²) in [6, 6.07) is 7.15. The molecular formula is C20H24N4O3. The van der Waals surface area contributed by atoms with Gasteiger partial charge in [-0.1, -0.05) is 19.1 Å². The van der Waals surface area contributed by atoms with Crippen molar-refractivity contribution in [2.75, 3.05) is 23.9 Å². The molecule has 0 aliphatic carbocycles. The van der Waals surface area contributed by atoms with Gasteiger partial charge in [-0.2, -0.15) is 0 Å². The van der Waals surface area contributed by atoms with Crippen LogP contribution in [0.1, 0.15) is 53.5 Å². The number of carbonyl (C=O) groups excluding carboxylic acids is 2. The molecule has 1 aromatic carbocycles. The molecule has 1 aromatic heterocycles. The van der Waals surface area contributed by atoms with Crippen molar-refractivity contribution in [1.82, 2.24) is 9.97 Å². The molecule has 0 saturated carbocycles. The van der Waals surface area contributed by atoms with Gasteiger partial charge in [0.15, 0.2) is 0 Å². The Morgan fingerprint density at radius 3 is 2.74 bits per heavy atom. The highest BCUT2D eigenvalue weighted by atomic mass is 16.5. The molecule has 1 aliphatic heterocycles. The number of methoxy groups -OCH3 is 1. The van der Waals surface area contributed by atoms with E-state index in [0.717, 1.165) is 31.6 Å². The van der Waals surface area contributed by atoms with E-state index in [2.05, 4.69) is 27.1 Å². The smallest absolute Gasteiger partial charge is 0.339 e. The highest BCUT2D eigenvalue weighted by molar-refractivity contribution is 6.06. The van der Waals surface area contributed by atoms with Crippen LogP contribution in [0.25, 0.3) is 0 Å². The fraction of sp³-hybridized carbons (Fsp3) is 0.400. The molecule has 0 spiro atoms. The Morgan fingerprint density at radius 1 is 1.22 bits per heavy atom. The molecule has 1 aliphatic rings. The SMILES string of the molecule is CCC1CCCCN1c1cnc(C(=O)Nc2ccccc2C(=O)OC)cn1. The maximum atomic E-state index is 12.5. The molecule has 1 atom stereocenters. The molecule has 3 rings (SSSR count). The fourth-order valence-electron chi connectivity index (χ4n) is 3.38. The average molecular weight is 368 g/mol. The second-order valence-electron chi connectivity index (χ2n) is 6.50. The molecule has 0 radical (unpaired) electrons. The molecule has 1 amide bonds. The Balaban J connectivity index is 1.74. The van der Waals surface area contributed by atoms with E-state index >= 15 is 0 Å². The molecule has 2 heterocycles. The number of carbonyl (C=O) groups is 2. The van der Waals surface area contributed by atoms with Crippen LogP contribution in [0.5, 0.6) is 0 Å². The normalized spacial score (nSPS) is 16.7. The summed E-state index contributed by atoms with van der Waals surface area (Å²) >= 11 is 0. The van der Waals surface area contributed by atoms with Gasteiger partial charge in [-0.15, -0.1) is 0 Å². The van der Waals surface area contributed by atoms with Gasteiger partial charge in [0.05, 0.1) is 30.8 Å². The molecule has 2 aromatic rings. The number of para-hydroxylation sites is 1. The topological polar surface area (TPSA) is 84.4 Å². The highest BCUT2D eigenvalue weighted by Crippen LogP contribution is 2.24. The van der Waals surface area contributed by atoms with Gasteiger partial charge in [-0.3, -0.25) is 4.79 Å². The van der Waals surface area contributed by atoms with Crippen molar-refractivity contribution in [3.8, 4) is 0 Å².